The van der Waals surface area contributed by atoms with Gasteiger partial charge in [0.1, 0.15) is 0 Å². The van der Waals surface area contributed by atoms with Crippen molar-refractivity contribution in [1.29, 1.82) is 0 Å². The van der Waals surface area contributed by atoms with Crippen LogP contribution in [0.2, 0.25) is 0 Å². The van der Waals surface area contributed by atoms with E-state index in [4.69, 9.17) is 4.74 Å². The van der Waals surface area contributed by atoms with Gasteiger partial charge in [0, 0.05) is 11.1 Å². The highest BCUT2D eigenvalue weighted by molar-refractivity contribution is 5.89. The predicted octanol–water partition coefficient (Wildman–Crippen LogP) is 6.99. The number of ether oxygens (including phenoxy) is 1. The molecule has 1 aliphatic rings. The fourth-order valence-corrected chi connectivity index (χ4v) is 4.46. The molecule has 0 unspecified atom stereocenters. The highest BCUT2D eigenvalue weighted by Crippen LogP contribution is 2.42. The first-order chi connectivity index (χ1) is 15.8. The van der Waals surface area contributed by atoms with Gasteiger partial charge in [-0.15, -0.1) is 0 Å². The van der Waals surface area contributed by atoms with Crippen LogP contribution in [0.25, 0.3) is 5.57 Å². The second-order valence-corrected chi connectivity index (χ2v) is 9.39. The number of allylic oxidation sites excluding steroid dienone is 1. The van der Waals surface area contributed by atoms with E-state index < -0.39 is 0 Å². The molecule has 0 aliphatic heterocycles. The first kappa shape index (κ1) is 22.6. The molecule has 3 aromatic carbocycles. The number of fused-ring (bicyclic) bond motifs is 1. The maximum absolute atomic E-state index is 11.9. The van der Waals surface area contributed by atoms with E-state index in [2.05, 4.69) is 82.0 Å². The summed E-state index contributed by atoms with van der Waals surface area (Å²) in [6.45, 7) is 11.1. The van der Waals surface area contributed by atoms with Crippen molar-refractivity contribution in [2.75, 3.05) is 6.61 Å². The molecule has 0 heterocycles. The topological polar surface area (TPSA) is 26.3 Å². The second kappa shape index (κ2) is 9.12. The maximum atomic E-state index is 11.9. The Hall–Kier alpha value is -3.57. The molecule has 33 heavy (non-hydrogen) atoms. The van der Waals surface area contributed by atoms with Crippen LogP contribution in [0.1, 0.15) is 76.5 Å². The lowest BCUT2D eigenvalue weighted by Gasteiger charge is -2.32. The molecule has 2 nitrogen and oxygen atoms in total. The lowest BCUT2D eigenvalue weighted by molar-refractivity contribution is 0.0526. The molecule has 0 fully saturated rings. The van der Waals surface area contributed by atoms with E-state index >= 15 is 0 Å². The molecule has 0 aromatic heterocycles. The molecule has 0 saturated heterocycles. The quantitative estimate of drug-likeness (QED) is 0.328. The number of hydrogen-bond acceptors (Lipinski definition) is 2. The third kappa shape index (κ3) is 4.94. The molecule has 2 heteroatoms. The SMILES string of the molecule is CCOC(=O)c1ccc(C#Cc2ccc3c(c2)C(c2cc(C)cc(C)c2)=CCC3(C)C)cc1. The van der Waals surface area contributed by atoms with E-state index in [1.165, 1.54) is 33.4 Å². The van der Waals surface area contributed by atoms with Gasteiger partial charge >= 0.3 is 5.97 Å². The van der Waals surface area contributed by atoms with Crippen LogP contribution in [0.4, 0.5) is 0 Å². The van der Waals surface area contributed by atoms with Crippen LogP contribution in [-0.2, 0) is 10.2 Å². The predicted molar refractivity (Wildman–Crippen MR) is 135 cm³/mol. The minimum absolute atomic E-state index is 0.0899. The van der Waals surface area contributed by atoms with Gasteiger partial charge in [0.15, 0.2) is 0 Å². The zero-order valence-corrected chi connectivity index (χ0v) is 20.1. The number of benzene rings is 3. The van der Waals surface area contributed by atoms with E-state index in [1.807, 2.05) is 12.1 Å². The van der Waals surface area contributed by atoms with Crippen LogP contribution in [0.15, 0.2) is 66.7 Å². The van der Waals surface area contributed by atoms with Crippen LogP contribution in [-0.4, -0.2) is 12.6 Å². The van der Waals surface area contributed by atoms with E-state index in [9.17, 15) is 4.79 Å². The van der Waals surface area contributed by atoms with Gasteiger partial charge < -0.3 is 4.74 Å². The largest absolute Gasteiger partial charge is 0.462 e. The monoisotopic (exact) mass is 434 g/mol. The number of aryl methyl sites for hydroxylation is 2. The van der Waals surface area contributed by atoms with Crippen molar-refractivity contribution >= 4 is 11.5 Å². The Kier molecular flexibility index (Phi) is 6.25. The lowest BCUT2D eigenvalue weighted by atomic mass is 9.71. The van der Waals surface area contributed by atoms with Crippen LogP contribution < -0.4 is 0 Å². The summed E-state index contributed by atoms with van der Waals surface area (Å²) >= 11 is 0. The van der Waals surface area contributed by atoms with Crippen LogP contribution >= 0.6 is 0 Å². The van der Waals surface area contributed by atoms with Crippen LogP contribution in [0.5, 0.6) is 0 Å². The Morgan fingerprint density at radius 2 is 1.55 bits per heavy atom. The summed E-state index contributed by atoms with van der Waals surface area (Å²) in [5, 5.41) is 0. The minimum atomic E-state index is -0.306. The van der Waals surface area contributed by atoms with Gasteiger partial charge in [-0.2, -0.15) is 0 Å². The number of esters is 1. The molecule has 166 valence electrons. The van der Waals surface area contributed by atoms with Gasteiger partial charge in [0.25, 0.3) is 0 Å². The van der Waals surface area contributed by atoms with Crippen molar-refractivity contribution in [3.05, 3.63) is 111 Å². The third-order valence-corrected chi connectivity index (χ3v) is 6.14. The van der Waals surface area contributed by atoms with Crippen molar-refractivity contribution in [3.63, 3.8) is 0 Å². The van der Waals surface area contributed by atoms with E-state index in [0.29, 0.717) is 12.2 Å². The van der Waals surface area contributed by atoms with Gasteiger partial charge in [0.2, 0.25) is 0 Å². The number of carbonyl (C=O) groups excluding carboxylic acids is 1. The molecule has 1 aliphatic carbocycles. The fraction of sp³-hybridized carbons (Fsp3) is 0.258. The summed E-state index contributed by atoms with van der Waals surface area (Å²) in [6.07, 6.45) is 3.39. The van der Waals surface area contributed by atoms with Gasteiger partial charge in [-0.1, -0.05) is 67.2 Å². The van der Waals surface area contributed by atoms with Crippen molar-refractivity contribution in [2.45, 2.75) is 46.5 Å². The van der Waals surface area contributed by atoms with Gasteiger partial charge in [-0.3, -0.25) is 0 Å². The summed E-state index contributed by atoms with van der Waals surface area (Å²) < 4.78 is 5.05. The molecule has 0 radical (unpaired) electrons. The standard InChI is InChI=1S/C31H30O2/c1-6-33-30(32)25-12-9-23(10-13-25)7-8-24-11-14-29-28(20-24)27(15-16-31(29,4)5)26-18-21(2)17-22(3)19-26/h9-15,17-20H,6,16H2,1-5H3. The normalized spacial score (nSPS) is 13.9. The lowest BCUT2D eigenvalue weighted by Crippen LogP contribution is -2.22. The Morgan fingerprint density at radius 1 is 0.909 bits per heavy atom. The minimum Gasteiger partial charge on any atom is -0.462 e. The molecule has 4 rings (SSSR count). The summed E-state index contributed by atoms with van der Waals surface area (Å²) in [6, 6.07) is 20.6. The molecular formula is C31H30O2. The van der Waals surface area contributed by atoms with Crippen LogP contribution in [0.3, 0.4) is 0 Å². The summed E-state index contributed by atoms with van der Waals surface area (Å²) in [7, 11) is 0. The summed E-state index contributed by atoms with van der Waals surface area (Å²) in [5.74, 6) is 6.25. The molecule has 0 bridgehead atoms. The average Bonchev–Trinajstić information content (AvgIpc) is 2.77. The molecule has 3 aromatic rings. The zero-order valence-electron chi connectivity index (χ0n) is 20.1. The van der Waals surface area contributed by atoms with Gasteiger partial charge in [-0.25, -0.2) is 4.79 Å². The van der Waals surface area contributed by atoms with Gasteiger partial charge in [-0.05, 0) is 91.3 Å². The smallest absolute Gasteiger partial charge is 0.338 e. The second-order valence-electron chi connectivity index (χ2n) is 9.39. The van der Waals surface area contributed by atoms with Crippen molar-refractivity contribution in [3.8, 4) is 11.8 Å². The van der Waals surface area contributed by atoms with E-state index in [-0.39, 0.29) is 11.4 Å². The fourth-order valence-electron chi connectivity index (χ4n) is 4.46. The first-order valence-electron chi connectivity index (χ1n) is 11.5. The summed E-state index contributed by atoms with van der Waals surface area (Å²) in [5.41, 5.74) is 10.2. The first-order valence-corrected chi connectivity index (χ1v) is 11.5. The Labute approximate surface area is 197 Å². The molecule has 0 atom stereocenters. The molecule has 0 spiro atoms. The number of rotatable bonds is 3. The highest BCUT2D eigenvalue weighted by atomic mass is 16.5. The van der Waals surface area contributed by atoms with Crippen molar-refractivity contribution in [2.24, 2.45) is 0 Å². The van der Waals surface area contributed by atoms with Gasteiger partial charge in [0.05, 0.1) is 12.2 Å². The van der Waals surface area contributed by atoms with Crippen LogP contribution in [0, 0.1) is 25.7 Å². The Balaban J connectivity index is 1.69. The van der Waals surface area contributed by atoms with Crippen molar-refractivity contribution < 1.29 is 9.53 Å². The highest BCUT2D eigenvalue weighted by Gasteiger charge is 2.28. The number of carbonyl (C=O) groups is 1. The van der Waals surface area contributed by atoms with E-state index in [0.717, 1.165) is 17.5 Å². The molecular weight excluding hydrogens is 404 g/mol. The Morgan fingerprint density at radius 3 is 2.21 bits per heavy atom. The Bertz CT molecular complexity index is 1270. The van der Waals surface area contributed by atoms with Crippen molar-refractivity contribution in [1.82, 2.24) is 0 Å². The number of hydrogen-bond donors (Lipinski definition) is 0. The van der Waals surface area contributed by atoms with E-state index in [1.54, 1.807) is 19.1 Å². The summed E-state index contributed by atoms with van der Waals surface area (Å²) in [4.78, 5) is 11.9. The maximum Gasteiger partial charge on any atom is 0.338 e. The molecule has 0 N–H and O–H groups in total. The molecule has 0 amide bonds. The molecule has 0 saturated carbocycles. The third-order valence-electron chi connectivity index (χ3n) is 6.14. The average molecular weight is 435 g/mol. The zero-order chi connectivity index (χ0) is 23.6.